The Kier molecular flexibility index (Phi) is 8.41. The predicted octanol–water partition coefficient (Wildman–Crippen LogP) is 2.99. The number of hydrogen-bond acceptors (Lipinski definition) is 4. The first-order valence-electron chi connectivity index (χ1n) is 9.23. The van der Waals surface area contributed by atoms with E-state index in [4.69, 9.17) is 4.98 Å². The largest absolute Gasteiger partial charge is 0.356 e. The van der Waals surface area contributed by atoms with E-state index in [2.05, 4.69) is 34.2 Å². The van der Waals surface area contributed by atoms with E-state index in [1.165, 1.54) is 60.8 Å². The number of aryl methyl sites for hydroxylation is 2. The highest BCUT2D eigenvalue weighted by atomic mass is 127. The summed E-state index contributed by atoms with van der Waals surface area (Å²) in [6.07, 6.45) is 7.63. The summed E-state index contributed by atoms with van der Waals surface area (Å²) in [5.41, 5.74) is 1.35. The molecule has 0 saturated carbocycles. The van der Waals surface area contributed by atoms with Crippen LogP contribution in [0.3, 0.4) is 0 Å². The fourth-order valence-electron chi connectivity index (χ4n) is 3.81. The Morgan fingerprint density at radius 1 is 1.36 bits per heavy atom. The van der Waals surface area contributed by atoms with Crippen LogP contribution >= 0.6 is 35.3 Å². The van der Waals surface area contributed by atoms with E-state index in [1.807, 2.05) is 18.4 Å². The second kappa shape index (κ2) is 10.1. The van der Waals surface area contributed by atoms with Gasteiger partial charge < -0.3 is 15.1 Å². The van der Waals surface area contributed by atoms with Gasteiger partial charge in [-0.1, -0.05) is 0 Å². The van der Waals surface area contributed by atoms with Crippen molar-refractivity contribution in [2.24, 2.45) is 10.9 Å². The number of fused-ring (bicyclic) bond motifs is 1. The minimum absolute atomic E-state index is 0. The van der Waals surface area contributed by atoms with Gasteiger partial charge in [0.2, 0.25) is 0 Å². The van der Waals surface area contributed by atoms with E-state index in [1.54, 1.807) is 0 Å². The lowest BCUT2D eigenvalue weighted by Gasteiger charge is -2.31. The number of rotatable bonds is 4. The molecule has 1 N–H and O–H groups in total. The van der Waals surface area contributed by atoms with Crippen molar-refractivity contribution >= 4 is 41.3 Å². The maximum atomic E-state index is 4.85. The van der Waals surface area contributed by atoms with Crippen LogP contribution in [-0.2, 0) is 19.4 Å². The average molecular weight is 477 g/mol. The molecule has 0 radical (unpaired) electrons. The minimum atomic E-state index is 0. The molecule has 2 aliphatic rings. The molecule has 5 nitrogen and oxygen atoms in total. The van der Waals surface area contributed by atoms with Crippen molar-refractivity contribution in [3.8, 4) is 0 Å². The molecule has 1 saturated heterocycles. The number of likely N-dealkylation sites (tertiary alicyclic amines) is 1. The van der Waals surface area contributed by atoms with Crippen molar-refractivity contribution in [3.05, 3.63) is 15.6 Å². The average Bonchev–Trinajstić information content (AvgIpc) is 2.97. The molecular weight excluding hydrogens is 445 g/mol. The molecule has 1 aromatic rings. The summed E-state index contributed by atoms with van der Waals surface area (Å²) in [7, 11) is 6.21. The molecule has 0 aromatic carbocycles. The molecule has 1 aliphatic carbocycles. The Bertz CT molecular complexity index is 550. The summed E-state index contributed by atoms with van der Waals surface area (Å²) in [6, 6.07) is 0. The lowest BCUT2D eigenvalue weighted by atomic mass is 9.99. The molecule has 1 fully saturated rings. The molecule has 0 spiro atoms. The molecule has 25 heavy (non-hydrogen) atoms. The van der Waals surface area contributed by atoms with Crippen molar-refractivity contribution in [1.29, 1.82) is 0 Å². The van der Waals surface area contributed by atoms with Crippen molar-refractivity contribution in [1.82, 2.24) is 20.1 Å². The Morgan fingerprint density at radius 2 is 2.16 bits per heavy atom. The number of piperidine rings is 1. The summed E-state index contributed by atoms with van der Waals surface area (Å²) < 4.78 is 0. The van der Waals surface area contributed by atoms with Crippen LogP contribution < -0.4 is 5.32 Å². The number of aliphatic imine (C=N–C) groups is 1. The Morgan fingerprint density at radius 3 is 2.88 bits per heavy atom. The number of nitrogens with zero attached hydrogens (tertiary/aromatic N) is 4. The maximum Gasteiger partial charge on any atom is 0.193 e. The molecule has 1 unspecified atom stereocenters. The highest BCUT2D eigenvalue weighted by Gasteiger charge is 2.19. The number of guanidine groups is 1. The van der Waals surface area contributed by atoms with Gasteiger partial charge in [-0.3, -0.25) is 4.99 Å². The van der Waals surface area contributed by atoms with Crippen LogP contribution in [0.4, 0.5) is 0 Å². The molecule has 0 bridgehead atoms. The number of thiazole rings is 1. The Hall–Kier alpha value is -0.410. The maximum absolute atomic E-state index is 4.85. The SMILES string of the molecule is CN=C(NCC1CCCN(C)C1)N(C)Cc1nc2c(s1)CCCC2.I. The van der Waals surface area contributed by atoms with Gasteiger partial charge in [0.25, 0.3) is 0 Å². The van der Waals surface area contributed by atoms with E-state index in [0.29, 0.717) is 0 Å². The molecule has 1 aliphatic heterocycles. The first-order valence-corrected chi connectivity index (χ1v) is 10.0. The molecule has 1 aromatic heterocycles. The molecular formula is C18H32IN5S. The zero-order valence-corrected chi connectivity index (χ0v) is 18.9. The van der Waals surface area contributed by atoms with Gasteiger partial charge in [-0.2, -0.15) is 0 Å². The van der Waals surface area contributed by atoms with Gasteiger partial charge in [-0.05, 0) is 58.0 Å². The van der Waals surface area contributed by atoms with E-state index in [-0.39, 0.29) is 24.0 Å². The van der Waals surface area contributed by atoms with Gasteiger partial charge in [0.15, 0.2) is 5.96 Å². The van der Waals surface area contributed by atoms with Crippen molar-refractivity contribution in [3.63, 3.8) is 0 Å². The molecule has 0 amide bonds. The topological polar surface area (TPSA) is 43.8 Å². The third-order valence-electron chi connectivity index (χ3n) is 5.11. The van der Waals surface area contributed by atoms with Crippen LogP contribution in [0.5, 0.6) is 0 Å². The fourth-order valence-corrected chi connectivity index (χ4v) is 5.02. The Balaban J connectivity index is 0.00000225. The third kappa shape index (κ3) is 5.79. The summed E-state index contributed by atoms with van der Waals surface area (Å²) in [4.78, 5) is 15.5. The first kappa shape index (κ1) is 20.9. The number of hydrogen-bond donors (Lipinski definition) is 1. The second-order valence-electron chi connectivity index (χ2n) is 7.24. The van der Waals surface area contributed by atoms with Gasteiger partial charge in [0.1, 0.15) is 5.01 Å². The van der Waals surface area contributed by atoms with Crippen molar-refractivity contribution in [2.45, 2.75) is 45.1 Å². The number of halogens is 1. The van der Waals surface area contributed by atoms with E-state index in [9.17, 15) is 0 Å². The quantitative estimate of drug-likeness (QED) is 0.412. The van der Waals surface area contributed by atoms with Gasteiger partial charge >= 0.3 is 0 Å². The minimum Gasteiger partial charge on any atom is -0.356 e. The second-order valence-corrected chi connectivity index (χ2v) is 8.41. The summed E-state index contributed by atoms with van der Waals surface area (Å²) >= 11 is 1.90. The van der Waals surface area contributed by atoms with Gasteiger partial charge in [-0.25, -0.2) is 4.98 Å². The normalized spacial score (nSPS) is 21.4. The smallest absolute Gasteiger partial charge is 0.193 e. The molecule has 7 heteroatoms. The van der Waals surface area contributed by atoms with Crippen molar-refractivity contribution < 1.29 is 0 Å². The van der Waals surface area contributed by atoms with Crippen LogP contribution in [0.1, 0.15) is 41.3 Å². The van der Waals surface area contributed by atoms with E-state index >= 15 is 0 Å². The Labute approximate surface area is 173 Å². The van der Waals surface area contributed by atoms with E-state index < -0.39 is 0 Å². The first-order chi connectivity index (χ1) is 11.7. The molecule has 1 atom stereocenters. The highest BCUT2D eigenvalue weighted by Crippen LogP contribution is 2.27. The monoisotopic (exact) mass is 477 g/mol. The lowest BCUT2D eigenvalue weighted by Crippen LogP contribution is -2.44. The van der Waals surface area contributed by atoms with Crippen molar-refractivity contribution in [2.75, 3.05) is 40.8 Å². The molecule has 142 valence electrons. The van der Waals surface area contributed by atoms with Crippen LogP contribution in [-0.4, -0.2) is 61.5 Å². The van der Waals surface area contributed by atoms with Crippen LogP contribution in [0, 0.1) is 5.92 Å². The summed E-state index contributed by atoms with van der Waals surface area (Å²) in [5, 5.41) is 4.79. The fraction of sp³-hybridized carbons (Fsp3) is 0.778. The van der Waals surface area contributed by atoms with Gasteiger partial charge in [0, 0.05) is 32.1 Å². The van der Waals surface area contributed by atoms with Crippen LogP contribution in [0.15, 0.2) is 4.99 Å². The predicted molar refractivity (Wildman–Crippen MR) is 117 cm³/mol. The van der Waals surface area contributed by atoms with Crippen LogP contribution in [0.25, 0.3) is 0 Å². The van der Waals surface area contributed by atoms with Gasteiger partial charge in [0.05, 0.1) is 12.2 Å². The third-order valence-corrected chi connectivity index (χ3v) is 6.25. The summed E-state index contributed by atoms with van der Waals surface area (Å²) in [5.74, 6) is 1.71. The zero-order chi connectivity index (χ0) is 16.9. The lowest BCUT2D eigenvalue weighted by molar-refractivity contribution is 0.209. The highest BCUT2D eigenvalue weighted by molar-refractivity contribution is 14.0. The molecule has 3 rings (SSSR count). The molecule has 2 heterocycles. The number of nitrogens with one attached hydrogen (secondary N) is 1. The summed E-state index contributed by atoms with van der Waals surface area (Å²) in [6.45, 7) is 4.28. The van der Waals surface area contributed by atoms with Gasteiger partial charge in [-0.15, -0.1) is 35.3 Å². The number of aromatic nitrogens is 1. The standard InChI is InChI=1S/C18H31N5S.HI/c1-19-18(20-11-14-7-6-10-22(2)12-14)23(3)13-17-21-15-8-4-5-9-16(15)24-17;/h14H,4-13H2,1-3H3,(H,19,20);1H. The van der Waals surface area contributed by atoms with E-state index in [0.717, 1.165) is 31.4 Å². The zero-order valence-electron chi connectivity index (χ0n) is 15.8. The van der Waals surface area contributed by atoms with Crippen LogP contribution in [0.2, 0.25) is 0 Å².